The van der Waals surface area contributed by atoms with Gasteiger partial charge in [0.2, 0.25) is 0 Å². The molecule has 0 bridgehead atoms. The van der Waals surface area contributed by atoms with Gasteiger partial charge in [-0.3, -0.25) is 4.79 Å². The molecule has 4 rings (SSSR count). The smallest absolute Gasteiger partial charge is 0.255 e. The van der Waals surface area contributed by atoms with Gasteiger partial charge < -0.3 is 19.7 Å². The summed E-state index contributed by atoms with van der Waals surface area (Å²) in [6.45, 7) is 4.88. The number of rotatable bonds is 5. The van der Waals surface area contributed by atoms with Gasteiger partial charge >= 0.3 is 0 Å². The van der Waals surface area contributed by atoms with Crippen LogP contribution in [0.1, 0.15) is 22.8 Å². The van der Waals surface area contributed by atoms with Crippen molar-refractivity contribution in [1.29, 1.82) is 0 Å². The lowest BCUT2D eigenvalue weighted by Crippen LogP contribution is -2.52. The van der Waals surface area contributed by atoms with Gasteiger partial charge in [-0.15, -0.1) is 0 Å². The molecule has 0 saturated carbocycles. The molecule has 1 aliphatic heterocycles. The monoisotopic (exact) mass is 395 g/mol. The minimum atomic E-state index is 0.0120. The lowest BCUT2D eigenvalue weighted by molar-refractivity contribution is 0.0655. The minimum Gasteiger partial charge on any atom is -0.497 e. The first kappa shape index (κ1) is 19.2. The van der Waals surface area contributed by atoms with Crippen molar-refractivity contribution in [2.24, 2.45) is 0 Å². The Kier molecular flexibility index (Phi) is 5.35. The van der Waals surface area contributed by atoms with Crippen molar-refractivity contribution in [1.82, 2.24) is 25.0 Å². The van der Waals surface area contributed by atoms with Gasteiger partial charge in [0.1, 0.15) is 11.5 Å². The molecule has 1 amide bonds. The Morgan fingerprint density at radius 3 is 2.86 bits per heavy atom. The van der Waals surface area contributed by atoms with E-state index in [4.69, 9.17) is 9.47 Å². The van der Waals surface area contributed by atoms with Crippen LogP contribution in [0.2, 0.25) is 0 Å². The summed E-state index contributed by atoms with van der Waals surface area (Å²) in [5, 5.41) is 8.61. The molecule has 3 heterocycles. The van der Waals surface area contributed by atoms with E-state index < -0.39 is 0 Å². The first-order valence-corrected chi connectivity index (χ1v) is 9.65. The maximum Gasteiger partial charge on any atom is 0.255 e. The molecule has 1 N–H and O–H groups in total. The highest BCUT2D eigenvalue weighted by atomic mass is 16.5. The molecular weight excluding hydrogens is 370 g/mol. The average Bonchev–Trinajstić information content (AvgIpc) is 3.16. The van der Waals surface area contributed by atoms with Crippen LogP contribution in [0.5, 0.6) is 11.5 Å². The van der Waals surface area contributed by atoms with E-state index in [0.717, 1.165) is 41.2 Å². The number of amides is 1. The van der Waals surface area contributed by atoms with Gasteiger partial charge in [-0.2, -0.15) is 5.10 Å². The molecular formula is C21H25N5O3. The molecule has 8 heteroatoms. The van der Waals surface area contributed by atoms with Gasteiger partial charge in [-0.1, -0.05) is 0 Å². The molecule has 1 aliphatic rings. The Bertz CT molecular complexity index is 1030. The highest BCUT2D eigenvalue weighted by Crippen LogP contribution is 2.26. The fraction of sp³-hybridized carbons (Fsp3) is 0.381. The standard InChI is InChI=1S/C21H25N5O3/c1-14-10-22-6-7-25(14)21(27)17-8-16-12-24-26(20(16)23-11-17)13-15-4-5-18(28-2)9-19(15)29-3/h4-5,8-9,11-12,14,22H,6-7,10,13H2,1-3H3. The van der Waals surface area contributed by atoms with Crippen LogP contribution in [-0.2, 0) is 6.54 Å². The Morgan fingerprint density at radius 1 is 1.24 bits per heavy atom. The highest BCUT2D eigenvalue weighted by molar-refractivity contribution is 5.97. The van der Waals surface area contributed by atoms with Gasteiger partial charge in [0, 0.05) is 48.9 Å². The quantitative estimate of drug-likeness (QED) is 0.711. The predicted octanol–water partition coefficient (Wildman–Crippen LogP) is 1.93. The lowest BCUT2D eigenvalue weighted by atomic mass is 10.1. The minimum absolute atomic E-state index is 0.0120. The van der Waals surface area contributed by atoms with E-state index in [1.807, 2.05) is 29.2 Å². The van der Waals surface area contributed by atoms with E-state index in [1.165, 1.54) is 0 Å². The second-order valence-electron chi connectivity index (χ2n) is 7.17. The Labute approximate surface area is 169 Å². The van der Waals surface area contributed by atoms with Crippen LogP contribution < -0.4 is 14.8 Å². The number of ether oxygens (including phenoxy) is 2. The van der Waals surface area contributed by atoms with Crippen molar-refractivity contribution in [3.63, 3.8) is 0 Å². The zero-order valence-electron chi connectivity index (χ0n) is 16.9. The number of aromatic nitrogens is 3. The van der Waals surface area contributed by atoms with Crippen LogP contribution in [-0.4, -0.2) is 65.5 Å². The Morgan fingerprint density at radius 2 is 2.10 bits per heavy atom. The second-order valence-corrected chi connectivity index (χ2v) is 7.17. The van der Waals surface area contributed by atoms with Crippen molar-refractivity contribution in [3.8, 4) is 11.5 Å². The fourth-order valence-electron chi connectivity index (χ4n) is 3.66. The average molecular weight is 395 g/mol. The van der Waals surface area contributed by atoms with Gasteiger partial charge in [0.15, 0.2) is 5.65 Å². The van der Waals surface area contributed by atoms with Crippen molar-refractivity contribution in [3.05, 3.63) is 47.8 Å². The van der Waals surface area contributed by atoms with E-state index in [0.29, 0.717) is 18.7 Å². The number of nitrogens with zero attached hydrogens (tertiary/aromatic N) is 4. The van der Waals surface area contributed by atoms with Crippen LogP contribution in [0.4, 0.5) is 0 Å². The summed E-state index contributed by atoms with van der Waals surface area (Å²) in [7, 11) is 3.26. The van der Waals surface area contributed by atoms with Crippen LogP contribution in [0.3, 0.4) is 0 Å². The van der Waals surface area contributed by atoms with E-state index >= 15 is 0 Å². The molecule has 3 aromatic rings. The number of benzene rings is 1. The van der Waals surface area contributed by atoms with E-state index in [-0.39, 0.29) is 11.9 Å². The van der Waals surface area contributed by atoms with Crippen molar-refractivity contribution in [2.75, 3.05) is 33.9 Å². The molecule has 0 radical (unpaired) electrons. The molecule has 1 saturated heterocycles. The second kappa shape index (κ2) is 8.08. The Balaban J connectivity index is 1.60. The maximum atomic E-state index is 12.9. The molecule has 1 fully saturated rings. The largest absolute Gasteiger partial charge is 0.497 e. The van der Waals surface area contributed by atoms with Crippen LogP contribution in [0, 0.1) is 0 Å². The summed E-state index contributed by atoms with van der Waals surface area (Å²) in [6.07, 6.45) is 3.39. The fourth-order valence-corrected chi connectivity index (χ4v) is 3.66. The number of hydrogen-bond donors (Lipinski definition) is 1. The number of fused-ring (bicyclic) bond motifs is 1. The number of methoxy groups -OCH3 is 2. The van der Waals surface area contributed by atoms with E-state index in [9.17, 15) is 4.79 Å². The summed E-state index contributed by atoms with van der Waals surface area (Å²) in [5.74, 6) is 1.48. The Hall–Kier alpha value is -3.13. The van der Waals surface area contributed by atoms with Crippen LogP contribution in [0.15, 0.2) is 36.7 Å². The van der Waals surface area contributed by atoms with Gasteiger partial charge in [0.05, 0.1) is 32.5 Å². The molecule has 2 aromatic heterocycles. The van der Waals surface area contributed by atoms with E-state index in [2.05, 4.69) is 22.3 Å². The van der Waals surface area contributed by atoms with Crippen LogP contribution >= 0.6 is 0 Å². The van der Waals surface area contributed by atoms with Crippen LogP contribution in [0.25, 0.3) is 11.0 Å². The number of pyridine rings is 1. The van der Waals surface area contributed by atoms with Crippen molar-refractivity contribution >= 4 is 16.9 Å². The molecule has 0 spiro atoms. The topological polar surface area (TPSA) is 81.5 Å². The number of hydrogen-bond acceptors (Lipinski definition) is 6. The lowest BCUT2D eigenvalue weighted by Gasteiger charge is -2.33. The molecule has 29 heavy (non-hydrogen) atoms. The first-order valence-electron chi connectivity index (χ1n) is 9.65. The molecule has 1 atom stereocenters. The SMILES string of the molecule is COc1ccc(Cn2ncc3cc(C(=O)N4CCNCC4C)cnc32)c(OC)c1. The normalized spacial score (nSPS) is 16.8. The molecule has 0 aliphatic carbocycles. The summed E-state index contributed by atoms with van der Waals surface area (Å²) < 4.78 is 12.5. The summed E-state index contributed by atoms with van der Waals surface area (Å²) in [6, 6.07) is 7.72. The third kappa shape index (κ3) is 3.75. The first-order chi connectivity index (χ1) is 14.1. The third-order valence-corrected chi connectivity index (χ3v) is 5.30. The molecule has 1 aromatic carbocycles. The number of nitrogens with one attached hydrogen (secondary N) is 1. The third-order valence-electron chi connectivity index (χ3n) is 5.30. The summed E-state index contributed by atoms with van der Waals surface area (Å²) >= 11 is 0. The van der Waals surface area contributed by atoms with Gasteiger partial charge in [-0.25, -0.2) is 9.67 Å². The molecule has 152 valence electrons. The maximum absolute atomic E-state index is 12.9. The summed E-state index contributed by atoms with van der Waals surface area (Å²) in [5.41, 5.74) is 2.29. The molecule has 1 unspecified atom stereocenters. The number of carbonyl (C=O) groups is 1. The number of carbonyl (C=O) groups excluding carboxylic acids is 1. The summed E-state index contributed by atoms with van der Waals surface area (Å²) in [4.78, 5) is 19.3. The zero-order valence-corrected chi connectivity index (χ0v) is 16.9. The predicted molar refractivity (Wildman–Crippen MR) is 110 cm³/mol. The van der Waals surface area contributed by atoms with Crippen molar-refractivity contribution < 1.29 is 14.3 Å². The van der Waals surface area contributed by atoms with Gasteiger partial charge in [0.25, 0.3) is 5.91 Å². The zero-order chi connectivity index (χ0) is 20.4. The molecule has 8 nitrogen and oxygen atoms in total. The van der Waals surface area contributed by atoms with Gasteiger partial charge in [-0.05, 0) is 25.1 Å². The van der Waals surface area contributed by atoms with Crippen molar-refractivity contribution in [2.45, 2.75) is 19.5 Å². The van der Waals surface area contributed by atoms with E-state index in [1.54, 1.807) is 31.3 Å². The highest BCUT2D eigenvalue weighted by Gasteiger charge is 2.24. The number of piperazine rings is 1.